The van der Waals surface area contributed by atoms with E-state index in [1.54, 1.807) is 23.1 Å². The van der Waals surface area contributed by atoms with Gasteiger partial charge in [-0.1, -0.05) is 29.8 Å². The number of imidazole rings is 1. The van der Waals surface area contributed by atoms with Crippen LogP contribution in [0.5, 0.6) is 5.75 Å². The van der Waals surface area contributed by atoms with Crippen LogP contribution in [0, 0.1) is 6.92 Å². The number of alkyl halides is 6. The Balaban J connectivity index is 1.50. The molecule has 1 atom stereocenters. The largest absolute Gasteiger partial charge is 0.573 e. The van der Waals surface area contributed by atoms with Gasteiger partial charge in [-0.25, -0.2) is 4.98 Å². The normalized spacial score (nSPS) is 18.1. The van der Waals surface area contributed by atoms with Crippen LogP contribution in [0.2, 0.25) is 0 Å². The second-order valence-electron chi connectivity index (χ2n) is 9.77. The number of amides is 1. The van der Waals surface area contributed by atoms with Crippen molar-refractivity contribution in [3.8, 4) is 16.9 Å². The minimum absolute atomic E-state index is 0.151. The van der Waals surface area contributed by atoms with E-state index in [1.165, 1.54) is 30.3 Å². The molecule has 1 aliphatic heterocycles. The highest BCUT2D eigenvalue weighted by Gasteiger charge is 2.44. The van der Waals surface area contributed by atoms with E-state index in [-0.39, 0.29) is 17.2 Å². The number of hydrogen-bond donors (Lipinski definition) is 1. The number of nitrogens with zero attached hydrogens (tertiary/aromatic N) is 2. The molecule has 4 aromatic rings. The van der Waals surface area contributed by atoms with Crippen LogP contribution in [0.4, 0.5) is 26.3 Å². The van der Waals surface area contributed by atoms with E-state index in [9.17, 15) is 31.1 Å². The number of ether oxygens (including phenoxy) is 1. The minimum Gasteiger partial charge on any atom is -0.406 e. The van der Waals surface area contributed by atoms with Crippen LogP contribution < -0.4 is 4.74 Å². The van der Waals surface area contributed by atoms with Gasteiger partial charge in [-0.3, -0.25) is 4.79 Å². The van der Waals surface area contributed by atoms with Crippen molar-refractivity contribution in [1.82, 2.24) is 14.9 Å². The second kappa shape index (κ2) is 9.32. The minimum atomic E-state index is -4.82. The molecular weight excluding hydrogens is 524 g/mol. The molecule has 1 aliphatic rings. The zero-order valence-corrected chi connectivity index (χ0v) is 20.9. The van der Waals surface area contributed by atoms with E-state index in [4.69, 9.17) is 0 Å². The van der Waals surface area contributed by atoms with Gasteiger partial charge in [0.15, 0.2) is 0 Å². The average molecular weight is 547 g/mol. The van der Waals surface area contributed by atoms with Crippen molar-refractivity contribution in [2.24, 2.45) is 0 Å². The fraction of sp³-hybridized carbons (Fsp3) is 0.286. The van der Waals surface area contributed by atoms with Crippen molar-refractivity contribution >= 4 is 16.9 Å². The average Bonchev–Trinajstić information content (AvgIpc) is 3.47. The summed E-state index contributed by atoms with van der Waals surface area (Å²) in [5.41, 5.74) is 1.06. The first-order valence-corrected chi connectivity index (χ1v) is 12.1. The van der Waals surface area contributed by atoms with Gasteiger partial charge in [-0.15, -0.1) is 13.2 Å². The Morgan fingerprint density at radius 2 is 1.72 bits per heavy atom. The molecule has 1 fully saturated rings. The van der Waals surface area contributed by atoms with Gasteiger partial charge < -0.3 is 14.6 Å². The van der Waals surface area contributed by atoms with Crippen molar-refractivity contribution in [3.05, 3.63) is 83.2 Å². The molecule has 0 unspecified atom stereocenters. The molecule has 0 bridgehead atoms. The molecule has 0 spiro atoms. The lowest BCUT2D eigenvalue weighted by atomic mass is 9.94. The van der Waals surface area contributed by atoms with Crippen LogP contribution >= 0.6 is 0 Å². The zero-order chi connectivity index (χ0) is 28.2. The summed E-state index contributed by atoms with van der Waals surface area (Å²) in [5.74, 6) is -0.316. The van der Waals surface area contributed by atoms with Crippen molar-refractivity contribution in [2.45, 2.75) is 44.8 Å². The van der Waals surface area contributed by atoms with E-state index >= 15 is 0 Å². The highest BCUT2D eigenvalue weighted by Crippen LogP contribution is 2.41. The zero-order valence-electron chi connectivity index (χ0n) is 20.9. The predicted molar refractivity (Wildman–Crippen MR) is 132 cm³/mol. The maximum atomic E-state index is 14.0. The van der Waals surface area contributed by atoms with E-state index in [2.05, 4.69) is 14.7 Å². The molecule has 204 valence electrons. The monoisotopic (exact) mass is 547 g/mol. The Morgan fingerprint density at radius 3 is 2.38 bits per heavy atom. The van der Waals surface area contributed by atoms with Crippen LogP contribution in [-0.2, 0) is 11.7 Å². The molecule has 1 aromatic heterocycles. The number of benzene rings is 3. The molecule has 1 amide bonds. The molecule has 5 nitrogen and oxygen atoms in total. The van der Waals surface area contributed by atoms with Gasteiger partial charge in [0.2, 0.25) is 0 Å². The third-order valence-corrected chi connectivity index (χ3v) is 7.01. The smallest absolute Gasteiger partial charge is 0.406 e. The van der Waals surface area contributed by atoms with Gasteiger partial charge in [0.1, 0.15) is 11.6 Å². The Morgan fingerprint density at radius 1 is 1.00 bits per heavy atom. The van der Waals surface area contributed by atoms with Crippen molar-refractivity contribution < 1.29 is 35.9 Å². The standard InChI is InChI=1S/C28H23F6N3O2/c1-16-4-10-20(17-5-8-19(9-6-17)39-28(32,33)34)21(14-16)24(38)37-13-3-12-26(37,2)25-35-22-11-7-18(27(29,30)31)15-23(22)36-25/h4-11,14-15H,3,12-13H2,1-2H3,(H,35,36)/t26-/m0/s1. The van der Waals surface area contributed by atoms with Crippen molar-refractivity contribution in [2.75, 3.05) is 6.54 Å². The topological polar surface area (TPSA) is 58.2 Å². The second-order valence-corrected chi connectivity index (χ2v) is 9.77. The lowest BCUT2D eigenvalue weighted by molar-refractivity contribution is -0.274. The maximum absolute atomic E-state index is 14.0. The number of carbonyl (C=O) groups excluding carboxylic acids is 1. The summed E-state index contributed by atoms with van der Waals surface area (Å²) in [7, 11) is 0. The Labute approximate surface area is 219 Å². The first kappa shape index (κ1) is 26.6. The summed E-state index contributed by atoms with van der Waals surface area (Å²) in [6.07, 6.45) is -8.14. The lowest BCUT2D eigenvalue weighted by Gasteiger charge is -2.34. The number of carbonyl (C=O) groups is 1. The highest BCUT2D eigenvalue weighted by molar-refractivity contribution is 6.01. The Bertz CT molecular complexity index is 1540. The summed E-state index contributed by atoms with van der Waals surface area (Å²) in [5, 5.41) is 0. The molecule has 5 rings (SSSR count). The Kier molecular flexibility index (Phi) is 6.35. The highest BCUT2D eigenvalue weighted by atomic mass is 19.4. The quantitative estimate of drug-likeness (QED) is 0.268. The van der Waals surface area contributed by atoms with Crippen LogP contribution in [-0.4, -0.2) is 33.7 Å². The van der Waals surface area contributed by atoms with Crippen LogP contribution in [0.3, 0.4) is 0 Å². The molecular formula is C28H23F6N3O2. The predicted octanol–water partition coefficient (Wildman–Crippen LogP) is 7.61. The summed E-state index contributed by atoms with van der Waals surface area (Å²) in [6, 6.07) is 13.8. The first-order chi connectivity index (χ1) is 18.2. The third kappa shape index (κ3) is 5.17. The van der Waals surface area contributed by atoms with Gasteiger partial charge in [0.05, 0.1) is 22.1 Å². The molecule has 39 heavy (non-hydrogen) atoms. The van der Waals surface area contributed by atoms with Gasteiger partial charge in [-0.05, 0) is 74.2 Å². The van der Waals surface area contributed by atoms with Gasteiger partial charge in [0, 0.05) is 12.1 Å². The van der Waals surface area contributed by atoms with Gasteiger partial charge in [-0.2, -0.15) is 13.2 Å². The number of aromatic amines is 1. The van der Waals surface area contributed by atoms with E-state index in [0.717, 1.165) is 17.7 Å². The third-order valence-electron chi connectivity index (χ3n) is 7.01. The van der Waals surface area contributed by atoms with Gasteiger partial charge >= 0.3 is 12.5 Å². The number of hydrogen-bond acceptors (Lipinski definition) is 3. The molecule has 0 aliphatic carbocycles. The maximum Gasteiger partial charge on any atom is 0.573 e. The Hall–Kier alpha value is -4.02. The number of H-pyrrole nitrogens is 1. The molecule has 11 heteroatoms. The van der Waals surface area contributed by atoms with Crippen LogP contribution in [0.1, 0.15) is 47.1 Å². The number of likely N-dealkylation sites (tertiary alicyclic amines) is 1. The molecule has 1 saturated heterocycles. The van der Waals surface area contributed by atoms with E-state index in [0.29, 0.717) is 47.4 Å². The molecule has 2 heterocycles. The fourth-order valence-corrected chi connectivity index (χ4v) is 5.04. The van der Waals surface area contributed by atoms with Crippen molar-refractivity contribution in [3.63, 3.8) is 0 Å². The first-order valence-electron chi connectivity index (χ1n) is 12.1. The summed E-state index contributed by atoms with van der Waals surface area (Å²) in [4.78, 5) is 23.2. The number of nitrogens with one attached hydrogen (secondary N) is 1. The van der Waals surface area contributed by atoms with E-state index < -0.39 is 23.6 Å². The fourth-order valence-electron chi connectivity index (χ4n) is 5.04. The number of aromatic nitrogens is 2. The summed E-state index contributed by atoms with van der Waals surface area (Å²) < 4.78 is 81.3. The summed E-state index contributed by atoms with van der Waals surface area (Å²) in [6.45, 7) is 4.03. The molecule has 0 radical (unpaired) electrons. The molecule has 0 saturated carbocycles. The number of halogens is 6. The van der Waals surface area contributed by atoms with Crippen LogP contribution in [0.15, 0.2) is 60.7 Å². The molecule has 1 N–H and O–H groups in total. The number of rotatable bonds is 4. The van der Waals surface area contributed by atoms with Gasteiger partial charge in [0.25, 0.3) is 5.91 Å². The number of aryl methyl sites for hydroxylation is 1. The number of fused-ring (bicyclic) bond motifs is 1. The van der Waals surface area contributed by atoms with E-state index in [1.807, 2.05) is 13.8 Å². The molecule has 3 aromatic carbocycles. The van der Waals surface area contributed by atoms with Crippen molar-refractivity contribution in [1.29, 1.82) is 0 Å². The SMILES string of the molecule is Cc1ccc(-c2ccc(OC(F)(F)F)cc2)c(C(=O)N2CCC[C@@]2(C)c2nc3cc(C(F)(F)F)ccc3[nH]2)c1. The summed E-state index contributed by atoms with van der Waals surface area (Å²) >= 11 is 0. The lowest BCUT2D eigenvalue weighted by Crippen LogP contribution is -2.43. The van der Waals surface area contributed by atoms with Crippen LogP contribution in [0.25, 0.3) is 22.2 Å².